The summed E-state index contributed by atoms with van der Waals surface area (Å²) in [7, 11) is 1.61. The maximum absolute atomic E-state index is 12.1. The van der Waals surface area contributed by atoms with E-state index in [1.807, 2.05) is 0 Å². The van der Waals surface area contributed by atoms with Crippen LogP contribution in [0, 0.1) is 0 Å². The number of carbonyl (C=O) groups is 1. The molecule has 0 aliphatic carbocycles. The molecule has 0 fully saturated rings. The molecule has 1 heterocycles. The lowest BCUT2D eigenvalue weighted by Gasteiger charge is -2.24. The molecule has 8 heteroatoms. The molecular weight excluding hydrogens is 282 g/mol. The van der Waals surface area contributed by atoms with Crippen LogP contribution in [0.4, 0.5) is 5.95 Å². The van der Waals surface area contributed by atoms with Gasteiger partial charge in [-0.25, -0.2) is 0 Å². The van der Waals surface area contributed by atoms with E-state index in [0.29, 0.717) is 10.8 Å². The molecule has 0 saturated heterocycles. The summed E-state index contributed by atoms with van der Waals surface area (Å²) in [4.78, 5) is 13.4. The van der Waals surface area contributed by atoms with E-state index in [1.165, 1.54) is 4.80 Å². The molecule has 0 atom stereocenters. The van der Waals surface area contributed by atoms with Crippen LogP contribution in [0.5, 0.6) is 5.75 Å². The Balaban J connectivity index is 2.05. The Kier molecular flexibility index (Phi) is 3.89. The summed E-state index contributed by atoms with van der Waals surface area (Å²) in [6.45, 7) is 3.29. The molecule has 0 spiro atoms. The zero-order valence-electron chi connectivity index (χ0n) is 11.3. The summed E-state index contributed by atoms with van der Waals surface area (Å²) in [5.41, 5.74) is -1.09. The molecular formula is C12H14ClN5O2. The van der Waals surface area contributed by atoms with Gasteiger partial charge in [0.2, 0.25) is 0 Å². The van der Waals surface area contributed by atoms with Gasteiger partial charge < -0.3 is 4.74 Å². The zero-order chi connectivity index (χ0) is 14.8. The first kappa shape index (κ1) is 14.3. The van der Waals surface area contributed by atoms with Crippen molar-refractivity contribution < 1.29 is 9.53 Å². The van der Waals surface area contributed by atoms with E-state index in [-0.39, 0.29) is 11.9 Å². The Morgan fingerprint density at radius 3 is 2.55 bits per heavy atom. The summed E-state index contributed by atoms with van der Waals surface area (Å²) < 4.78 is 5.64. The number of ether oxygens (including phenoxy) is 1. The monoisotopic (exact) mass is 295 g/mol. The van der Waals surface area contributed by atoms with E-state index in [9.17, 15) is 4.79 Å². The predicted molar refractivity (Wildman–Crippen MR) is 73.6 cm³/mol. The second-order valence-corrected chi connectivity index (χ2v) is 5.06. The lowest BCUT2D eigenvalue weighted by molar-refractivity contribution is -0.128. The Labute approximate surface area is 120 Å². The zero-order valence-corrected chi connectivity index (χ0v) is 12.0. The van der Waals surface area contributed by atoms with Gasteiger partial charge in [-0.15, -0.1) is 5.10 Å². The number of amides is 1. The molecule has 1 aromatic carbocycles. The third-order valence-electron chi connectivity index (χ3n) is 2.47. The maximum Gasteiger partial charge on any atom is 0.270 e. The predicted octanol–water partition coefficient (Wildman–Crippen LogP) is 1.66. The molecule has 0 aliphatic heterocycles. The van der Waals surface area contributed by atoms with Crippen molar-refractivity contribution in [3.63, 3.8) is 0 Å². The highest BCUT2D eigenvalue weighted by Crippen LogP contribution is 2.21. The van der Waals surface area contributed by atoms with Crippen molar-refractivity contribution in [2.75, 3.05) is 5.32 Å². The number of nitrogens with one attached hydrogen (secondary N) is 1. The molecule has 2 rings (SSSR count). The third kappa shape index (κ3) is 3.45. The minimum Gasteiger partial charge on any atom is -0.478 e. The van der Waals surface area contributed by atoms with Crippen LogP contribution in [0.3, 0.4) is 0 Å². The molecule has 0 radical (unpaired) electrons. The largest absolute Gasteiger partial charge is 0.478 e. The second-order valence-electron chi connectivity index (χ2n) is 4.62. The number of carbonyl (C=O) groups excluding carboxylic acids is 1. The SMILES string of the molecule is Cn1nnc(NC(=O)C(C)(C)Oc2ccc(Cl)cc2)n1. The van der Waals surface area contributed by atoms with E-state index in [0.717, 1.165) is 0 Å². The number of tetrazole rings is 1. The Bertz CT molecular complexity index is 609. The minimum absolute atomic E-state index is 0.130. The van der Waals surface area contributed by atoms with Crippen molar-refractivity contribution in [1.82, 2.24) is 20.2 Å². The third-order valence-corrected chi connectivity index (χ3v) is 2.72. The van der Waals surface area contributed by atoms with Gasteiger partial charge in [0.1, 0.15) is 5.75 Å². The highest BCUT2D eigenvalue weighted by Gasteiger charge is 2.31. The number of aromatic nitrogens is 4. The van der Waals surface area contributed by atoms with Crippen LogP contribution in [0.2, 0.25) is 5.02 Å². The van der Waals surface area contributed by atoms with Crippen LogP contribution in [0.25, 0.3) is 0 Å². The van der Waals surface area contributed by atoms with Crippen LogP contribution >= 0.6 is 11.6 Å². The molecule has 1 amide bonds. The fourth-order valence-electron chi connectivity index (χ4n) is 1.43. The Morgan fingerprint density at radius 1 is 1.35 bits per heavy atom. The molecule has 1 N–H and O–H groups in total. The number of rotatable bonds is 4. The number of anilines is 1. The van der Waals surface area contributed by atoms with Crippen LogP contribution < -0.4 is 10.1 Å². The van der Waals surface area contributed by atoms with Crippen LogP contribution in [-0.2, 0) is 11.8 Å². The number of aryl methyl sites for hydroxylation is 1. The molecule has 7 nitrogen and oxygen atoms in total. The number of nitrogens with zero attached hydrogens (tertiary/aromatic N) is 4. The molecule has 0 saturated carbocycles. The van der Waals surface area contributed by atoms with Crippen molar-refractivity contribution in [3.05, 3.63) is 29.3 Å². The molecule has 106 valence electrons. The van der Waals surface area contributed by atoms with Crippen LogP contribution in [0.15, 0.2) is 24.3 Å². The number of hydrogen-bond acceptors (Lipinski definition) is 5. The fourth-order valence-corrected chi connectivity index (χ4v) is 1.56. The number of benzene rings is 1. The number of halogens is 1. The standard InChI is InChI=1S/C12H14ClN5O2/c1-12(2,20-9-6-4-8(13)5-7-9)10(19)14-11-15-17-18(3)16-11/h4-7H,1-3H3,(H,14,16,19). The first-order valence-electron chi connectivity index (χ1n) is 5.87. The summed E-state index contributed by atoms with van der Waals surface area (Å²) in [5.74, 6) is 0.299. The normalized spacial score (nSPS) is 11.2. The van der Waals surface area contributed by atoms with E-state index < -0.39 is 5.60 Å². The lowest BCUT2D eigenvalue weighted by atomic mass is 10.1. The van der Waals surface area contributed by atoms with Gasteiger partial charge in [0.25, 0.3) is 11.9 Å². The van der Waals surface area contributed by atoms with E-state index >= 15 is 0 Å². The van der Waals surface area contributed by atoms with E-state index in [1.54, 1.807) is 45.2 Å². The van der Waals surface area contributed by atoms with Gasteiger partial charge >= 0.3 is 0 Å². The van der Waals surface area contributed by atoms with Gasteiger partial charge in [0.05, 0.1) is 7.05 Å². The summed E-state index contributed by atoms with van der Waals surface area (Å²) in [5, 5.41) is 14.3. The minimum atomic E-state index is -1.09. The van der Waals surface area contributed by atoms with E-state index in [2.05, 4.69) is 20.7 Å². The number of hydrogen-bond donors (Lipinski definition) is 1. The summed E-state index contributed by atoms with van der Waals surface area (Å²) in [6, 6.07) is 6.76. The average molecular weight is 296 g/mol. The van der Waals surface area contributed by atoms with Gasteiger partial charge in [-0.3, -0.25) is 10.1 Å². The highest BCUT2D eigenvalue weighted by atomic mass is 35.5. The first-order chi connectivity index (χ1) is 9.37. The van der Waals surface area contributed by atoms with Gasteiger partial charge in [-0.05, 0) is 43.3 Å². The lowest BCUT2D eigenvalue weighted by Crippen LogP contribution is -2.42. The molecule has 0 bridgehead atoms. The quantitative estimate of drug-likeness (QED) is 0.927. The van der Waals surface area contributed by atoms with Gasteiger partial charge in [-0.2, -0.15) is 4.80 Å². The molecule has 20 heavy (non-hydrogen) atoms. The van der Waals surface area contributed by atoms with Crippen LogP contribution in [0.1, 0.15) is 13.8 Å². The summed E-state index contributed by atoms with van der Waals surface area (Å²) >= 11 is 5.79. The maximum atomic E-state index is 12.1. The van der Waals surface area contributed by atoms with Gasteiger partial charge in [0.15, 0.2) is 5.60 Å². The Hall–Kier alpha value is -2.15. The molecule has 1 aromatic heterocycles. The average Bonchev–Trinajstić information content (AvgIpc) is 2.77. The topological polar surface area (TPSA) is 81.9 Å². The highest BCUT2D eigenvalue weighted by molar-refractivity contribution is 6.30. The van der Waals surface area contributed by atoms with Crippen molar-refractivity contribution in [2.24, 2.45) is 7.05 Å². The van der Waals surface area contributed by atoms with Crippen molar-refractivity contribution in [2.45, 2.75) is 19.4 Å². The van der Waals surface area contributed by atoms with Gasteiger partial charge in [0, 0.05) is 5.02 Å². The van der Waals surface area contributed by atoms with Crippen molar-refractivity contribution in [1.29, 1.82) is 0 Å². The van der Waals surface area contributed by atoms with E-state index in [4.69, 9.17) is 16.3 Å². The smallest absolute Gasteiger partial charge is 0.270 e. The van der Waals surface area contributed by atoms with Gasteiger partial charge in [-0.1, -0.05) is 16.7 Å². The fraction of sp³-hybridized carbons (Fsp3) is 0.333. The van der Waals surface area contributed by atoms with Crippen molar-refractivity contribution in [3.8, 4) is 5.75 Å². The van der Waals surface area contributed by atoms with Crippen molar-refractivity contribution >= 4 is 23.5 Å². The summed E-state index contributed by atoms with van der Waals surface area (Å²) in [6.07, 6.45) is 0. The molecule has 0 aliphatic rings. The molecule has 2 aromatic rings. The molecule has 0 unspecified atom stereocenters. The van der Waals surface area contributed by atoms with Crippen LogP contribution in [-0.4, -0.2) is 31.7 Å². The first-order valence-corrected chi connectivity index (χ1v) is 6.25. The second kappa shape index (κ2) is 5.46. The Morgan fingerprint density at radius 2 is 2.00 bits per heavy atom.